The molecule has 0 heterocycles. The Balaban J connectivity index is 2.64. The van der Waals surface area contributed by atoms with Crippen molar-refractivity contribution < 1.29 is 14.3 Å². The van der Waals surface area contributed by atoms with Crippen molar-refractivity contribution in [2.24, 2.45) is 5.73 Å². The molecule has 3 N–H and O–H groups in total. The Hall–Kier alpha value is -1.75. The minimum atomic E-state index is -0.528. The summed E-state index contributed by atoms with van der Waals surface area (Å²) in [5, 5.41) is 2.68. The van der Waals surface area contributed by atoms with Gasteiger partial charge in [0.1, 0.15) is 11.4 Å². The van der Waals surface area contributed by atoms with Gasteiger partial charge in [0.05, 0.1) is 12.3 Å². The van der Waals surface area contributed by atoms with Crippen molar-refractivity contribution in [3.05, 3.63) is 24.3 Å². The molecule has 1 rings (SSSR count). The Bertz CT molecular complexity index is 413. The van der Waals surface area contributed by atoms with Gasteiger partial charge in [0.15, 0.2) is 0 Å². The average molecular weight is 266 g/mol. The number of amides is 1. The maximum atomic E-state index is 11.7. The van der Waals surface area contributed by atoms with E-state index in [1.54, 1.807) is 12.1 Å². The second kappa shape index (κ2) is 6.99. The van der Waals surface area contributed by atoms with Crippen molar-refractivity contribution in [1.82, 2.24) is 0 Å². The topological polar surface area (TPSA) is 73.6 Å². The molecule has 5 heteroatoms. The normalized spacial score (nSPS) is 10.9. The summed E-state index contributed by atoms with van der Waals surface area (Å²) in [6.45, 7) is 6.54. The maximum Gasteiger partial charge on any atom is 0.412 e. The van der Waals surface area contributed by atoms with E-state index in [2.05, 4.69) is 5.32 Å². The molecule has 0 fully saturated rings. The van der Waals surface area contributed by atoms with Gasteiger partial charge in [-0.05, 0) is 45.9 Å². The first-order valence-corrected chi connectivity index (χ1v) is 6.34. The quantitative estimate of drug-likeness (QED) is 0.804. The van der Waals surface area contributed by atoms with Crippen LogP contribution in [0.4, 0.5) is 10.5 Å². The molecule has 1 aromatic rings. The summed E-state index contributed by atoms with van der Waals surface area (Å²) < 4.78 is 10.8. The molecule has 5 nitrogen and oxygen atoms in total. The number of carbonyl (C=O) groups excluding carboxylic acids is 1. The molecule has 0 unspecified atom stereocenters. The van der Waals surface area contributed by atoms with Crippen molar-refractivity contribution in [3.8, 4) is 5.75 Å². The highest BCUT2D eigenvalue weighted by molar-refractivity contribution is 5.86. The highest BCUT2D eigenvalue weighted by Crippen LogP contribution is 2.24. The molecule has 0 aromatic heterocycles. The molecule has 0 bridgehead atoms. The van der Waals surface area contributed by atoms with Crippen molar-refractivity contribution in [3.63, 3.8) is 0 Å². The molecular weight excluding hydrogens is 244 g/mol. The summed E-state index contributed by atoms with van der Waals surface area (Å²) in [6, 6.07) is 7.23. The van der Waals surface area contributed by atoms with Crippen LogP contribution in [0.2, 0.25) is 0 Å². The lowest BCUT2D eigenvalue weighted by Gasteiger charge is -2.20. The minimum absolute atomic E-state index is 0.498. The molecular formula is C14H22N2O3. The van der Waals surface area contributed by atoms with E-state index in [-0.39, 0.29) is 0 Å². The summed E-state index contributed by atoms with van der Waals surface area (Å²) >= 11 is 0. The number of nitrogens with two attached hydrogens (primary N) is 1. The van der Waals surface area contributed by atoms with Crippen LogP contribution in [-0.4, -0.2) is 24.8 Å². The minimum Gasteiger partial charge on any atom is -0.491 e. The zero-order valence-corrected chi connectivity index (χ0v) is 11.7. The van der Waals surface area contributed by atoms with Gasteiger partial charge in [0.2, 0.25) is 0 Å². The van der Waals surface area contributed by atoms with Gasteiger partial charge in [-0.15, -0.1) is 0 Å². The molecule has 106 valence electrons. The monoisotopic (exact) mass is 266 g/mol. The van der Waals surface area contributed by atoms with E-state index < -0.39 is 11.7 Å². The zero-order valence-electron chi connectivity index (χ0n) is 11.7. The Morgan fingerprint density at radius 2 is 2.00 bits per heavy atom. The Morgan fingerprint density at radius 1 is 1.32 bits per heavy atom. The highest BCUT2D eigenvalue weighted by Gasteiger charge is 2.17. The molecule has 1 aromatic carbocycles. The number of para-hydroxylation sites is 2. The smallest absolute Gasteiger partial charge is 0.412 e. The Labute approximate surface area is 114 Å². The largest absolute Gasteiger partial charge is 0.491 e. The second-order valence-corrected chi connectivity index (χ2v) is 5.11. The van der Waals surface area contributed by atoms with Crippen LogP contribution >= 0.6 is 0 Å². The lowest BCUT2D eigenvalue weighted by atomic mass is 10.2. The maximum absolute atomic E-state index is 11.7. The van der Waals surface area contributed by atoms with Crippen molar-refractivity contribution in [2.45, 2.75) is 32.8 Å². The average Bonchev–Trinajstić information content (AvgIpc) is 2.29. The van der Waals surface area contributed by atoms with Gasteiger partial charge < -0.3 is 15.2 Å². The fourth-order valence-electron chi connectivity index (χ4n) is 1.37. The van der Waals surface area contributed by atoms with E-state index >= 15 is 0 Å². The first-order chi connectivity index (χ1) is 8.92. The Kier molecular flexibility index (Phi) is 5.63. The van der Waals surface area contributed by atoms with Gasteiger partial charge >= 0.3 is 6.09 Å². The number of carbonyl (C=O) groups is 1. The van der Waals surface area contributed by atoms with Gasteiger partial charge in [-0.25, -0.2) is 4.79 Å². The molecule has 0 spiro atoms. The van der Waals surface area contributed by atoms with Crippen molar-refractivity contribution >= 4 is 11.8 Å². The molecule has 0 aliphatic heterocycles. The third-order valence-electron chi connectivity index (χ3n) is 2.13. The fourth-order valence-corrected chi connectivity index (χ4v) is 1.37. The lowest BCUT2D eigenvalue weighted by molar-refractivity contribution is 0.0635. The predicted octanol–water partition coefficient (Wildman–Crippen LogP) is 2.76. The van der Waals surface area contributed by atoms with Gasteiger partial charge in [-0.1, -0.05) is 12.1 Å². The van der Waals surface area contributed by atoms with Crippen LogP contribution in [0.1, 0.15) is 27.2 Å². The van der Waals surface area contributed by atoms with E-state index in [1.807, 2.05) is 32.9 Å². The summed E-state index contributed by atoms with van der Waals surface area (Å²) in [5.41, 5.74) is 5.47. The van der Waals surface area contributed by atoms with Crippen LogP contribution in [0.5, 0.6) is 5.75 Å². The highest BCUT2D eigenvalue weighted by atomic mass is 16.6. The van der Waals surface area contributed by atoms with Crippen molar-refractivity contribution in [1.29, 1.82) is 0 Å². The Morgan fingerprint density at radius 3 is 2.63 bits per heavy atom. The van der Waals surface area contributed by atoms with Gasteiger partial charge in [-0.2, -0.15) is 0 Å². The number of nitrogens with one attached hydrogen (secondary N) is 1. The molecule has 0 aliphatic carbocycles. The van der Waals surface area contributed by atoms with Crippen LogP contribution in [-0.2, 0) is 4.74 Å². The SMILES string of the molecule is CC(C)(C)OC(=O)Nc1ccccc1OCCCN. The fraction of sp³-hybridized carbons (Fsp3) is 0.500. The van der Waals surface area contributed by atoms with Crippen LogP contribution < -0.4 is 15.8 Å². The van der Waals surface area contributed by atoms with Gasteiger partial charge in [0.25, 0.3) is 0 Å². The first-order valence-electron chi connectivity index (χ1n) is 6.34. The van der Waals surface area contributed by atoms with E-state index in [0.717, 1.165) is 6.42 Å². The number of hydrogen-bond acceptors (Lipinski definition) is 4. The van der Waals surface area contributed by atoms with E-state index in [9.17, 15) is 4.79 Å². The van der Waals surface area contributed by atoms with E-state index in [0.29, 0.717) is 24.6 Å². The van der Waals surface area contributed by atoms with Crippen LogP contribution in [0.3, 0.4) is 0 Å². The number of rotatable bonds is 5. The second-order valence-electron chi connectivity index (χ2n) is 5.11. The lowest BCUT2D eigenvalue weighted by Crippen LogP contribution is -2.27. The molecule has 0 saturated carbocycles. The summed E-state index contributed by atoms with van der Waals surface area (Å²) in [7, 11) is 0. The standard InChI is InChI=1S/C14H22N2O3/c1-14(2,3)19-13(17)16-11-7-4-5-8-12(11)18-10-6-9-15/h4-5,7-8H,6,9-10,15H2,1-3H3,(H,16,17). The number of anilines is 1. The summed E-state index contributed by atoms with van der Waals surface area (Å²) in [5.74, 6) is 0.613. The number of hydrogen-bond donors (Lipinski definition) is 2. The predicted molar refractivity (Wildman–Crippen MR) is 75.5 cm³/mol. The molecule has 0 aliphatic rings. The van der Waals surface area contributed by atoms with Crippen molar-refractivity contribution in [2.75, 3.05) is 18.5 Å². The number of benzene rings is 1. The van der Waals surface area contributed by atoms with Crippen LogP contribution in [0, 0.1) is 0 Å². The third kappa shape index (κ3) is 6.10. The van der Waals surface area contributed by atoms with Gasteiger partial charge in [-0.3, -0.25) is 5.32 Å². The summed E-state index contributed by atoms with van der Waals surface area (Å²) in [6.07, 6.45) is 0.267. The molecule has 0 radical (unpaired) electrons. The molecule has 0 atom stereocenters. The molecule has 0 saturated heterocycles. The first kappa shape index (κ1) is 15.3. The zero-order chi connectivity index (χ0) is 14.3. The molecule has 1 amide bonds. The summed E-state index contributed by atoms with van der Waals surface area (Å²) in [4.78, 5) is 11.7. The third-order valence-corrected chi connectivity index (χ3v) is 2.13. The number of ether oxygens (including phenoxy) is 2. The van der Waals surface area contributed by atoms with Crippen LogP contribution in [0.15, 0.2) is 24.3 Å². The van der Waals surface area contributed by atoms with Gasteiger partial charge in [0, 0.05) is 0 Å². The molecule has 19 heavy (non-hydrogen) atoms. The van der Waals surface area contributed by atoms with E-state index in [4.69, 9.17) is 15.2 Å². The van der Waals surface area contributed by atoms with E-state index in [1.165, 1.54) is 0 Å². The van der Waals surface area contributed by atoms with Crippen LogP contribution in [0.25, 0.3) is 0 Å².